The molecule has 2 heterocycles. The lowest BCUT2D eigenvalue weighted by Crippen LogP contribution is -2.21. The first-order valence-corrected chi connectivity index (χ1v) is 10.7. The molecule has 0 atom stereocenters. The maximum atomic E-state index is 13.4. The predicted octanol–water partition coefficient (Wildman–Crippen LogP) is 5.51. The first-order chi connectivity index (χ1) is 15.5. The molecule has 5 nitrogen and oxygen atoms in total. The van der Waals surface area contributed by atoms with Gasteiger partial charge in [-0.1, -0.05) is 66.7 Å². The van der Waals surface area contributed by atoms with Gasteiger partial charge in [0.15, 0.2) is 0 Å². The maximum Gasteiger partial charge on any atom is 0.280 e. The Hall–Kier alpha value is -3.99. The van der Waals surface area contributed by atoms with Gasteiger partial charge in [0.25, 0.3) is 5.91 Å². The monoisotopic (exact) mass is 420 g/mol. The summed E-state index contributed by atoms with van der Waals surface area (Å²) in [5.74, 6) is -0.117. The Labute approximate surface area is 187 Å². The first kappa shape index (κ1) is 19.9. The third-order valence-corrected chi connectivity index (χ3v) is 5.96. The van der Waals surface area contributed by atoms with Crippen molar-refractivity contribution in [3.8, 4) is 0 Å². The minimum atomic E-state index is -0.117. The van der Waals surface area contributed by atoms with Gasteiger partial charge in [-0.2, -0.15) is 15.2 Å². The molecule has 0 saturated carbocycles. The van der Waals surface area contributed by atoms with Gasteiger partial charge in [-0.15, -0.1) is 0 Å². The predicted molar refractivity (Wildman–Crippen MR) is 130 cm³/mol. The summed E-state index contributed by atoms with van der Waals surface area (Å²) in [6.45, 7) is 6.60. The fourth-order valence-corrected chi connectivity index (χ4v) is 4.21. The zero-order valence-corrected chi connectivity index (χ0v) is 18.4. The molecule has 0 unspecified atom stereocenters. The van der Waals surface area contributed by atoms with Crippen LogP contribution < -0.4 is 5.01 Å². The molecule has 3 aromatic carbocycles. The Bertz CT molecular complexity index is 1390. The van der Waals surface area contributed by atoms with Crippen LogP contribution in [0.2, 0.25) is 0 Å². The summed E-state index contributed by atoms with van der Waals surface area (Å²) in [7, 11) is 0. The van der Waals surface area contributed by atoms with Crippen LogP contribution in [0.3, 0.4) is 0 Å². The molecule has 1 aromatic heterocycles. The number of hydrazone groups is 1. The van der Waals surface area contributed by atoms with E-state index in [0.29, 0.717) is 17.8 Å². The lowest BCUT2D eigenvalue weighted by atomic mass is 10.1. The Morgan fingerprint density at radius 2 is 1.59 bits per heavy atom. The highest BCUT2D eigenvalue weighted by atomic mass is 16.2. The minimum absolute atomic E-state index is 0.117. The van der Waals surface area contributed by atoms with Crippen molar-refractivity contribution in [2.45, 2.75) is 27.3 Å². The molecule has 0 bridgehead atoms. The topological polar surface area (TPSA) is 50.5 Å². The fraction of sp³-hybridized carbons (Fsp3) is 0.148. The van der Waals surface area contributed by atoms with Gasteiger partial charge in [0, 0.05) is 16.6 Å². The van der Waals surface area contributed by atoms with Crippen LogP contribution in [0.5, 0.6) is 0 Å². The van der Waals surface area contributed by atoms with Crippen molar-refractivity contribution in [1.82, 2.24) is 9.78 Å². The smallest absolute Gasteiger partial charge is 0.267 e. The van der Waals surface area contributed by atoms with E-state index in [9.17, 15) is 4.79 Å². The van der Waals surface area contributed by atoms with Crippen LogP contribution in [0.1, 0.15) is 29.4 Å². The molecular weight excluding hydrogens is 396 g/mol. The van der Waals surface area contributed by atoms with E-state index in [1.807, 2.05) is 92.2 Å². The van der Waals surface area contributed by atoms with Crippen molar-refractivity contribution in [3.05, 3.63) is 101 Å². The summed E-state index contributed by atoms with van der Waals surface area (Å²) in [6, 6.07) is 24.2. The maximum absolute atomic E-state index is 13.4. The number of aryl methyl sites for hydroxylation is 1. The Kier molecular flexibility index (Phi) is 4.94. The summed E-state index contributed by atoms with van der Waals surface area (Å²) in [4.78, 5) is 13.4. The van der Waals surface area contributed by atoms with E-state index in [-0.39, 0.29) is 5.91 Å². The van der Waals surface area contributed by atoms with Crippen molar-refractivity contribution in [2.24, 2.45) is 5.10 Å². The third-order valence-electron chi connectivity index (χ3n) is 5.96. The van der Waals surface area contributed by atoms with Gasteiger partial charge in [-0.05, 0) is 43.9 Å². The van der Waals surface area contributed by atoms with Crippen LogP contribution in [-0.2, 0) is 11.3 Å². The van der Waals surface area contributed by atoms with Gasteiger partial charge in [0.05, 0.1) is 29.2 Å². The zero-order chi connectivity index (χ0) is 22.2. The molecule has 5 heteroatoms. The fourth-order valence-electron chi connectivity index (χ4n) is 4.21. The zero-order valence-electron chi connectivity index (χ0n) is 18.4. The van der Waals surface area contributed by atoms with Crippen LogP contribution in [0.4, 0.5) is 5.69 Å². The largest absolute Gasteiger partial charge is 0.280 e. The molecule has 0 aliphatic carbocycles. The average Bonchev–Trinajstić information content (AvgIpc) is 3.24. The first-order valence-electron chi connectivity index (χ1n) is 10.7. The number of amides is 1. The van der Waals surface area contributed by atoms with E-state index in [0.717, 1.165) is 33.4 Å². The highest BCUT2D eigenvalue weighted by Gasteiger charge is 2.30. The number of hydrogen-bond donors (Lipinski definition) is 0. The molecule has 1 amide bonds. The van der Waals surface area contributed by atoms with Gasteiger partial charge >= 0.3 is 0 Å². The molecule has 1 aliphatic rings. The van der Waals surface area contributed by atoms with Gasteiger partial charge in [-0.3, -0.25) is 9.48 Å². The Balaban J connectivity index is 1.50. The van der Waals surface area contributed by atoms with E-state index >= 15 is 0 Å². The molecule has 0 N–H and O–H groups in total. The van der Waals surface area contributed by atoms with E-state index in [4.69, 9.17) is 5.10 Å². The molecule has 158 valence electrons. The highest BCUT2D eigenvalue weighted by Crippen LogP contribution is 2.32. The summed E-state index contributed by atoms with van der Waals surface area (Å²) in [5.41, 5.74) is 6.19. The van der Waals surface area contributed by atoms with Crippen molar-refractivity contribution in [2.75, 3.05) is 5.01 Å². The van der Waals surface area contributed by atoms with Crippen LogP contribution >= 0.6 is 0 Å². The van der Waals surface area contributed by atoms with Gasteiger partial charge in [0.1, 0.15) is 0 Å². The second kappa shape index (κ2) is 7.93. The molecule has 0 saturated heterocycles. The Morgan fingerprint density at radius 1 is 0.875 bits per heavy atom. The third kappa shape index (κ3) is 3.42. The van der Waals surface area contributed by atoms with Crippen molar-refractivity contribution in [3.63, 3.8) is 0 Å². The highest BCUT2D eigenvalue weighted by molar-refractivity contribution is 6.33. The second-order valence-corrected chi connectivity index (χ2v) is 8.09. The number of rotatable bonds is 4. The van der Waals surface area contributed by atoms with E-state index < -0.39 is 0 Å². The average molecular weight is 421 g/mol. The second-order valence-electron chi connectivity index (χ2n) is 8.09. The molecule has 0 spiro atoms. The Morgan fingerprint density at radius 3 is 2.41 bits per heavy atom. The van der Waals surface area contributed by atoms with E-state index in [1.54, 1.807) is 0 Å². The number of aromatic nitrogens is 2. The van der Waals surface area contributed by atoms with Crippen LogP contribution in [0.25, 0.3) is 16.8 Å². The van der Waals surface area contributed by atoms with Crippen molar-refractivity contribution >= 4 is 34.2 Å². The van der Waals surface area contributed by atoms with Crippen molar-refractivity contribution < 1.29 is 4.79 Å². The summed E-state index contributed by atoms with van der Waals surface area (Å²) in [6.07, 6.45) is 1.94. The lowest BCUT2D eigenvalue weighted by Gasteiger charge is -2.14. The van der Waals surface area contributed by atoms with Crippen LogP contribution in [-0.4, -0.2) is 21.4 Å². The summed E-state index contributed by atoms with van der Waals surface area (Å²) >= 11 is 0. The molecule has 5 rings (SSSR count). The van der Waals surface area contributed by atoms with Crippen LogP contribution in [0, 0.1) is 13.8 Å². The van der Waals surface area contributed by atoms with Gasteiger partial charge < -0.3 is 0 Å². The van der Waals surface area contributed by atoms with Gasteiger partial charge in [-0.25, -0.2) is 0 Å². The molecule has 32 heavy (non-hydrogen) atoms. The number of carbonyl (C=O) groups is 1. The number of nitrogens with zero attached hydrogens (tertiary/aromatic N) is 4. The number of carbonyl (C=O) groups excluding carboxylic acids is 1. The molecule has 1 aliphatic heterocycles. The van der Waals surface area contributed by atoms with Crippen LogP contribution in [0.15, 0.2) is 83.5 Å². The minimum Gasteiger partial charge on any atom is -0.267 e. The quantitative estimate of drug-likeness (QED) is 0.409. The van der Waals surface area contributed by atoms with E-state index in [2.05, 4.69) is 17.2 Å². The lowest BCUT2D eigenvalue weighted by molar-refractivity contribution is -0.114. The summed E-state index contributed by atoms with van der Waals surface area (Å²) in [5, 5.41) is 12.9. The number of anilines is 1. The number of benzene rings is 3. The normalized spacial score (nSPS) is 15.1. The molecule has 0 fully saturated rings. The summed E-state index contributed by atoms with van der Waals surface area (Å²) < 4.78 is 1.99. The van der Waals surface area contributed by atoms with Gasteiger partial charge in [0.2, 0.25) is 0 Å². The molecule has 0 radical (unpaired) electrons. The van der Waals surface area contributed by atoms with E-state index in [1.165, 1.54) is 10.6 Å². The SMILES string of the molecule is CC1=NN(c2cccc3ccccc23)C(=O)/C1=C\c1c(C)nn(Cc2ccccc2)c1C. The molecular formula is C27H24N4O. The number of fused-ring (bicyclic) bond motifs is 1. The standard InChI is InChI=1S/C27H24N4O/c1-18-24(20(3)30(28-18)17-21-10-5-4-6-11-21)16-25-19(2)29-31(27(25)32)26-15-9-13-22-12-7-8-14-23(22)26/h4-16H,17H2,1-3H3/b25-16-. The molecule has 4 aromatic rings. The number of hydrogen-bond acceptors (Lipinski definition) is 3. The van der Waals surface area contributed by atoms with Crippen molar-refractivity contribution in [1.29, 1.82) is 0 Å².